The van der Waals surface area contributed by atoms with Crippen LogP contribution in [0.3, 0.4) is 0 Å². The highest BCUT2D eigenvalue weighted by Crippen LogP contribution is 2.34. The second kappa shape index (κ2) is 9.91. The highest BCUT2D eigenvalue weighted by Gasteiger charge is 2.22. The van der Waals surface area contributed by atoms with E-state index >= 15 is 0 Å². The zero-order chi connectivity index (χ0) is 25.0. The summed E-state index contributed by atoms with van der Waals surface area (Å²) in [5.41, 5.74) is 2.10. The number of aromatic carboxylic acids is 1. The van der Waals surface area contributed by atoms with Gasteiger partial charge in [0.25, 0.3) is 0 Å². The Kier molecular flexibility index (Phi) is 7.20. The van der Waals surface area contributed by atoms with E-state index in [9.17, 15) is 19.8 Å². The van der Waals surface area contributed by atoms with Crippen LogP contribution < -0.4 is 9.47 Å². The molecule has 0 aliphatic heterocycles. The summed E-state index contributed by atoms with van der Waals surface area (Å²) in [4.78, 5) is 24.0. The third kappa shape index (κ3) is 5.51. The van der Waals surface area contributed by atoms with Gasteiger partial charge >= 0.3 is 5.97 Å². The lowest BCUT2D eigenvalue weighted by molar-refractivity contribution is 0.0693. The molecular weight excluding hydrogens is 436 g/mol. The predicted molar refractivity (Wildman–Crippen MR) is 127 cm³/mol. The van der Waals surface area contributed by atoms with E-state index in [4.69, 9.17) is 9.47 Å². The third-order valence-electron chi connectivity index (χ3n) is 5.19. The van der Waals surface area contributed by atoms with Crippen molar-refractivity contribution in [2.45, 2.75) is 40.7 Å². The van der Waals surface area contributed by atoms with Crippen LogP contribution in [0.25, 0.3) is 11.3 Å². The fourth-order valence-corrected chi connectivity index (χ4v) is 3.50. The summed E-state index contributed by atoms with van der Waals surface area (Å²) < 4.78 is 11.1. The van der Waals surface area contributed by atoms with Crippen molar-refractivity contribution in [1.29, 1.82) is 0 Å². The SMILES string of the molecule is COc1c(C(=O)O)cccc1-c1ccc(COc2ccc(C(=O)CC(C)(C)C)c(O)c2C)nn1. The zero-order valence-electron chi connectivity index (χ0n) is 19.9. The first-order valence-electron chi connectivity index (χ1n) is 10.7. The van der Waals surface area contributed by atoms with Crippen LogP contribution >= 0.6 is 0 Å². The van der Waals surface area contributed by atoms with E-state index in [-0.39, 0.29) is 40.4 Å². The maximum Gasteiger partial charge on any atom is 0.339 e. The highest BCUT2D eigenvalue weighted by atomic mass is 16.5. The Labute approximate surface area is 198 Å². The predicted octanol–water partition coefficient (Wildman–Crippen LogP) is 5.06. The van der Waals surface area contributed by atoms with E-state index in [1.807, 2.05) is 20.8 Å². The highest BCUT2D eigenvalue weighted by molar-refractivity contribution is 5.99. The van der Waals surface area contributed by atoms with Gasteiger partial charge in [-0.1, -0.05) is 26.8 Å². The van der Waals surface area contributed by atoms with Crippen LogP contribution in [0.5, 0.6) is 17.2 Å². The van der Waals surface area contributed by atoms with E-state index in [1.54, 1.807) is 43.3 Å². The van der Waals surface area contributed by atoms with Crippen LogP contribution in [0.4, 0.5) is 0 Å². The van der Waals surface area contributed by atoms with Crippen molar-refractivity contribution < 1.29 is 29.3 Å². The monoisotopic (exact) mass is 464 g/mol. The Morgan fingerprint density at radius 1 is 1.00 bits per heavy atom. The average molecular weight is 465 g/mol. The number of benzene rings is 2. The number of aromatic hydroxyl groups is 1. The van der Waals surface area contributed by atoms with Crippen molar-refractivity contribution in [3.63, 3.8) is 0 Å². The van der Waals surface area contributed by atoms with Crippen LogP contribution in [0.2, 0.25) is 0 Å². The molecule has 2 aromatic carbocycles. The molecular formula is C26H28N2O6. The fraction of sp³-hybridized carbons (Fsp3) is 0.308. The second-order valence-electron chi connectivity index (χ2n) is 9.14. The van der Waals surface area contributed by atoms with Gasteiger partial charge in [-0.15, -0.1) is 5.10 Å². The minimum atomic E-state index is -1.10. The number of nitrogens with zero attached hydrogens (tertiary/aromatic N) is 2. The Balaban J connectivity index is 1.76. The summed E-state index contributed by atoms with van der Waals surface area (Å²) in [6, 6.07) is 11.4. The second-order valence-corrected chi connectivity index (χ2v) is 9.14. The van der Waals surface area contributed by atoms with Crippen LogP contribution in [0.15, 0.2) is 42.5 Å². The number of phenols is 1. The Morgan fingerprint density at radius 2 is 1.74 bits per heavy atom. The van der Waals surface area contributed by atoms with Crippen molar-refractivity contribution in [1.82, 2.24) is 10.2 Å². The smallest absolute Gasteiger partial charge is 0.339 e. The Bertz CT molecular complexity index is 1210. The summed E-state index contributed by atoms with van der Waals surface area (Å²) in [5, 5.41) is 28.2. The number of methoxy groups -OCH3 is 1. The molecule has 0 bridgehead atoms. The molecule has 1 heterocycles. The molecule has 8 nitrogen and oxygen atoms in total. The van der Waals surface area contributed by atoms with Gasteiger partial charge in [0.05, 0.1) is 18.4 Å². The van der Waals surface area contributed by atoms with Gasteiger partial charge in [0.15, 0.2) is 5.78 Å². The molecule has 8 heteroatoms. The minimum Gasteiger partial charge on any atom is -0.507 e. The number of aromatic nitrogens is 2. The number of hydrogen-bond acceptors (Lipinski definition) is 7. The number of ketones is 1. The van der Waals surface area contributed by atoms with Gasteiger partial charge in [0.1, 0.15) is 35.1 Å². The van der Waals surface area contributed by atoms with Crippen LogP contribution in [-0.2, 0) is 6.61 Å². The molecule has 0 aliphatic rings. The van der Waals surface area contributed by atoms with Crippen molar-refractivity contribution in [3.05, 3.63) is 64.8 Å². The van der Waals surface area contributed by atoms with Gasteiger partial charge < -0.3 is 19.7 Å². The normalized spacial score (nSPS) is 11.2. The van der Waals surface area contributed by atoms with Gasteiger partial charge in [-0.05, 0) is 48.7 Å². The molecule has 3 aromatic rings. The van der Waals surface area contributed by atoms with E-state index in [1.165, 1.54) is 13.2 Å². The number of ether oxygens (including phenoxy) is 2. The van der Waals surface area contributed by atoms with Crippen molar-refractivity contribution in [2.24, 2.45) is 5.41 Å². The molecule has 0 saturated heterocycles. The van der Waals surface area contributed by atoms with E-state index in [2.05, 4.69) is 10.2 Å². The summed E-state index contributed by atoms with van der Waals surface area (Å²) in [6.45, 7) is 7.69. The number of phenolic OH excluding ortho intramolecular Hbond substituents is 1. The van der Waals surface area contributed by atoms with Gasteiger partial charge in [0, 0.05) is 17.5 Å². The standard InChI is InChI=1S/C26H28N2O6/c1-15-22(12-10-18(23(15)30)21(29)13-26(2,3)4)34-14-16-9-11-20(28-27-16)17-7-6-8-19(25(31)32)24(17)33-5/h6-12,30H,13-14H2,1-5H3,(H,31,32). The average Bonchev–Trinajstić information content (AvgIpc) is 2.78. The van der Waals surface area contributed by atoms with Crippen LogP contribution in [-0.4, -0.2) is 39.3 Å². The maximum atomic E-state index is 12.5. The first kappa shape index (κ1) is 24.7. The van der Waals surface area contributed by atoms with Crippen molar-refractivity contribution in [3.8, 4) is 28.5 Å². The molecule has 0 radical (unpaired) electrons. The molecule has 0 amide bonds. The first-order valence-corrected chi connectivity index (χ1v) is 10.7. The molecule has 3 rings (SSSR count). The number of Topliss-reactive ketones (excluding diaryl/α,β-unsaturated/α-hetero) is 1. The molecule has 0 aliphatic carbocycles. The van der Waals surface area contributed by atoms with Gasteiger partial charge in [-0.3, -0.25) is 4.79 Å². The van der Waals surface area contributed by atoms with Crippen LogP contribution in [0, 0.1) is 12.3 Å². The molecule has 0 atom stereocenters. The number of carbonyl (C=O) groups is 2. The third-order valence-corrected chi connectivity index (χ3v) is 5.19. The number of carbonyl (C=O) groups excluding carboxylic acids is 1. The summed E-state index contributed by atoms with van der Waals surface area (Å²) in [7, 11) is 1.40. The zero-order valence-corrected chi connectivity index (χ0v) is 19.9. The molecule has 0 spiro atoms. The lowest BCUT2D eigenvalue weighted by atomic mass is 9.87. The number of rotatable bonds is 8. The molecule has 178 valence electrons. The topological polar surface area (TPSA) is 119 Å². The summed E-state index contributed by atoms with van der Waals surface area (Å²) in [5.74, 6) is -0.657. The lowest BCUT2D eigenvalue weighted by Crippen LogP contribution is -2.13. The maximum absolute atomic E-state index is 12.5. The van der Waals surface area contributed by atoms with Crippen molar-refractivity contribution >= 4 is 11.8 Å². The van der Waals surface area contributed by atoms with Gasteiger partial charge in [0.2, 0.25) is 0 Å². The number of carboxylic acids is 1. The Morgan fingerprint density at radius 3 is 2.32 bits per heavy atom. The molecule has 2 N–H and O–H groups in total. The molecule has 0 fully saturated rings. The van der Waals surface area contributed by atoms with E-state index < -0.39 is 5.97 Å². The number of hydrogen-bond donors (Lipinski definition) is 2. The molecule has 0 unspecified atom stereocenters. The lowest BCUT2D eigenvalue weighted by Gasteiger charge is -2.18. The molecule has 34 heavy (non-hydrogen) atoms. The largest absolute Gasteiger partial charge is 0.507 e. The van der Waals surface area contributed by atoms with E-state index in [0.717, 1.165) is 0 Å². The minimum absolute atomic E-state index is 0.0360. The Hall–Kier alpha value is -3.94. The summed E-state index contributed by atoms with van der Waals surface area (Å²) in [6.07, 6.45) is 0.322. The first-order chi connectivity index (χ1) is 16.0. The molecule has 1 aromatic heterocycles. The van der Waals surface area contributed by atoms with Crippen molar-refractivity contribution in [2.75, 3.05) is 7.11 Å². The fourth-order valence-electron chi connectivity index (χ4n) is 3.50. The van der Waals surface area contributed by atoms with E-state index in [0.29, 0.717) is 34.7 Å². The van der Waals surface area contributed by atoms with Gasteiger partial charge in [-0.25, -0.2) is 4.79 Å². The van der Waals surface area contributed by atoms with Gasteiger partial charge in [-0.2, -0.15) is 5.10 Å². The van der Waals surface area contributed by atoms with Crippen LogP contribution in [0.1, 0.15) is 59.2 Å². The number of carboxylic acid groups (broad SMARTS) is 1. The number of para-hydroxylation sites is 1. The summed E-state index contributed by atoms with van der Waals surface area (Å²) >= 11 is 0. The molecule has 0 saturated carbocycles. The quantitative estimate of drug-likeness (QED) is 0.444.